The van der Waals surface area contributed by atoms with Gasteiger partial charge in [0.1, 0.15) is 5.70 Å². The van der Waals surface area contributed by atoms with Crippen molar-refractivity contribution in [3.8, 4) is 0 Å². The van der Waals surface area contributed by atoms with Gasteiger partial charge in [-0.1, -0.05) is 27.7 Å². The first-order chi connectivity index (χ1) is 13.3. The van der Waals surface area contributed by atoms with Crippen LogP contribution in [0.15, 0.2) is 16.2 Å². The average molecular weight is 466 g/mol. The molecular weight excluding hydrogens is 442 g/mol. The SMILES string of the molecule is Cc1c(NC2=CC(=O)N(CCO)C2=O)c(Br)c2c(c1[N+](=O)[O-])C(C)(C)CC2(C)C. The van der Waals surface area contributed by atoms with Crippen LogP contribution in [-0.2, 0) is 20.4 Å². The van der Waals surface area contributed by atoms with Crippen molar-refractivity contribution < 1.29 is 19.6 Å². The van der Waals surface area contributed by atoms with Crippen molar-refractivity contribution in [2.75, 3.05) is 18.5 Å². The number of rotatable bonds is 5. The number of nitro benzene ring substituents is 1. The number of halogens is 1. The van der Waals surface area contributed by atoms with E-state index in [0.717, 1.165) is 23.0 Å². The first-order valence-corrected chi connectivity index (χ1v) is 10.1. The number of carbonyl (C=O) groups is 2. The first kappa shape index (κ1) is 21.4. The van der Waals surface area contributed by atoms with Crippen molar-refractivity contribution in [3.63, 3.8) is 0 Å². The van der Waals surface area contributed by atoms with E-state index in [-0.39, 0.29) is 40.3 Å². The Hall–Kier alpha value is -2.26. The molecule has 0 fully saturated rings. The standard InChI is InChI=1S/C20H24BrN3O5/c1-10-16(22-11-8-12(26)23(6-7-25)18(11)27)15(21)13-14(17(10)24(28)29)20(4,5)9-19(13,2)3/h8,22,25H,6-7,9H2,1-5H3. The number of nitro groups is 1. The van der Waals surface area contributed by atoms with E-state index >= 15 is 0 Å². The lowest BCUT2D eigenvalue weighted by Crippen LogP contribution is -2.34. The van der Waals surface area contributed by atoms with Gasteiger partial charge in [0.15, 0.2) is 0 Å². The second-order valence-corrected chi connectivity index (χ2v) is 9.61. The van der Waals surface area contributed by atoms with Crippen molar-refractivity contribution >= 4 is 39.1 Å². The molecule has 8 nitrogen and oxygen atoms in total. The molecule has 0 bridgehead atoms. The highest BCUT2D eigenvalue weighted by molar-refractivity contribution is 9.10. The van der Waals surface area contributed by atoms with Crippen LogP contribution in [0.1, 0.15) is 50.8 Å². The molecule has 2 aliphatic rings. The Bertz CT molecular complexity index is 981. The van der Waals surface area contributed by atoms with Crippen molar-refractivity contribution in [2.24, 2.45) is 0 Å². The molecule has 0 saturated carbocycles. The Labute approximate surface area is 177 Å². The molecule has 1 aromatic rings. The summed E-state index contributed by atoms with van der Waals surface area (Å²) >= 11 is 3.62. The van der Waals surface area contributed by atoms with Gasteiger partial charge in [-0.2, -0.15) is 0 Å². The van der Waals surface area contributed by atoms with E-state index in [1.807, 2.05) is 27.7 Å². The molecule has 1 aromatic carbocycles. The minimum absolute atomic E-state index is 0.0246. The van der Waals surface area contributed by atoms with Crippen LogP contribution in [0.25, 0.3) is 0 Å². The van der Waals surface area contributed by atoms with E-state index in [4.69, 9.17) is 5.11 Å². The molecule has 0 saturated heterocycles. The van der Waals surface area contributed by atoms with E-state index in [9.17, 15) is 19.7 Å². The minimum atomic E-state index is -0.571. The fourth-order valence-electron chi connectivity index (χ4n) is 4.82. The Morgan fingerprint density at radius 2 is 1.83 bits per heavy atom. The number of amides is 2. The van der Waals surface area contributed by atoms with Crippen LogP contribution in [0.4, 0.5) is 11.4 Å². The number of β-amino-alcohol motifs (C(OH)–C–C–N with tert-alkyl or cyclic N) is 1. The van der Waals surface area contributed by atoms with Gasteiger partial charge in [0.05, 0.1) is 29.3 Å². The Kier molecular flexibility index (Phi) is 5.11. The van der Waals surface area contributed by atoms with Crippen molar-refractivity contribution in [2.45, 2.75) is 51.9 Å². The van der Waals surface area contributed by atoms with Crippen LogP contribution in [-0.4, -0.2) is 39.9 Å². The summed E-state index contributed by atoms with van der Waals surface area (Å²) in [6, 6.07) is 0. The lowest BCUT2D eigenvalue weighted by atomic mass is 9.81. The van der Waals surface area contributed by atoms with Gasteiger partial charge in [0.25, 0.3) is 17.5 Å². The summed E-state index contributed by atoms with van der Waals surface area (Å²) in [5.41, 5.74) is 1.69. The van der Waals surface area contributed by atoms with Crippen LogP contribution >= 0.6 is 15.9 Å². The van der Waals surface area contributed by atoms with E-state index in [0.29, 0.717) is 21.3 Å². The van der Waals surface area contributed by atoms with Gasteiger partial charge >= 0.3 is 0 Å². The summed E-state index contributed by atoms with van der Waals surface area (Å²) < 4.78 is 0.660. The number of benzene rings is 1. The highest BCUT2D eigenvalue weighted by Crippen LogP contribution is 2.58. The van der Waals surface area contributed by atoms with Crippen LogP contribution in [0.3, 0.4) is 0 Å². The van der Waals surface area contributed by atoms with E-state index in [1.165, 1.54) is 0 Å². The third-order valence-electron chi connectivity index (χ3n) is 5.67. The van der Waals surface area contributed by atoms with Gasteiger partial charge in [-0.3, -0.25) is 24.6 Å². The highest BCUT2D eigenvalue weighted by Gasteiger charge is 2.49. The van der Waals surface area contributed by atoms with Crippen molar-refractivity contribution in [1.29, 1.82) is 0 Å². The summed E-state index contributed by atoms with van der Waals surface area (Å²) in [6.45, 7) is 9.28. The molecule has 2 N–H and O–H groups in total. The number of fused-ring (bicyclic) bond motifs is 1. The lowest BCUT2D eigenvalue weighted by molar-refractivity contribution is -0.386. The number of aliphatic hydroxyl groups is 1. The van der Waals surface area contributed by atoms with Crippen LogP contribution in [0, 0.1) is 17.0 Å². The topological polar surface area (TPSA) is 113 Å². The maximum Gasteiger partial charge on any atom is 0.278 e. The lowest BCUT2D eigenvalue weighted by Gasteiger charge is -2.24. The molecule has 0 unspecified atom stereocenters. The van der Waals surface area contributed by atoms with Gasteiger partial charge in [-0.15, -0.1) is 0 Å². The van der Waals surface area contributed by atoms with E-state index < -0.39 is 11.8 Å². The van der Waals surface area contributed by atoms with Gasteiger partial charge in [-0.25, -0.2) is 0 Å². The molecule has 3 rings (SSSR count). The quantitative estimate of drug-likeness (QED) is 0.391. The molecule has 156 valence electrons. The molecule has 0 spiro atoms. The Morgan fingerprint density at radius 3 is 2.38 bits per heavy atom. The number of nitrogens with one attached hydrogen (secondary N) is 1. The number of aliphatic hydroxyl groups excluding tert-OH is 1. The summed E-state index contributed by atoms with van der Waals surface area (Å²) in [7, 11) is 0. The number of carbonyl (C=O) groups excluding carboxylic acids is 2. The van der Waals surface area contributed by atoms with Crippen LogP contribution in [0.2, 0.25) is 0 Å². The number of imide groups is 1. The van der Waals surface area contributed by atoms with Crippen molar-refractivity contribution in [1.82, 2.24) is 4.90 Å². The molecule has 1 heterocycles. The molecule has 0 radical (unpaired) electrons. The predicted octanol–water partition coefficient (Wildman–Crippen LogP) is 3.28. The van der Waals surface area contributed by atoms with E-state index in [2.05, 4.69) is 21.2 Å². The maximum atomic E-state index is 12.5. The second kappa shape index (κ2) is 6.91. The van der Waals surface area contributed by atoms with Gasteiger partial charge < -0.3 is 10.4 Å². The molecule has 0 aromatic heterocycles. The Morgan fingerprint density at radius 1 is 1.24 bits per heavy atom. The molecular formula is C20H24BrN3O5. The Balaban J connectivity index is 2.19. The first-order valence-electron chi connectivity index (χ1n) is 9.30. The molecule has 9 heteroatoms. The number of nitrogens with zero attached hydrogens (tertiary/aromatic N) is 2. The molecule has 2 amide bonds. The minimum Gasteiger partial charge on any atom is -0.395 e. The van der Waals surface area contributed by atoms with Gasteiger partial charge in [0.2, 0.25) is 0 Å². The number of hydrogen-bond donors (Lipinski definition) is 2. The van der Waals surface area contributed by atoms with E-state index in [1.54, 1.807) is 6.92 Å². The molecule has 29 heavy (non-hydrogen) atoms. The zero-order valence-corrected chi connectivity index (χ0v) is 18.6. The fraction of sp³-hybridized carbons (Fsp3) is 0.500. The summed E-state index contributed by atoms with van der Waals surface area (Å²) in [4.78, 5) is 37.2. The smallest absolute Gasteiger partial charge is 0.278 e. The average Bonchev–Trinajstić information content (AvgIpc) is 2.94. The van der Waals surface area contributed by atoms with Crippen molar-refractivity contribution in [3.05, 3.63) is 43.1 Å². The number of hydrogen-bond acceptors (Lipinski definition) is 6. The monoisotopic (exact) mass is 465 g/mol. The summed E-state index contributed by atoms with van der Waals surface area (Å²) in [5.74, 6) is -1.10. The zero-order valence-electron chi connectivity index (χ0n) is 17.1. The molecule has 1 aliphatic carbocycles. The second-order valence-electron chi connectivity index (χ2n) is 8.82. The summed E-state index contributed by atoms with van der Waals surface area (Å²) in [6.07, 6.45) is 1.89. The molecule has 0 atom stereocenters. The van der Waals surface area contributed by atoms with Crippen LogP contribution < -0.4 is 5.32 Å². The normalized spacial score (nSPS) is 19.4. The zero-order chi connectivity index (χ0) is 21.9. The van der Waals surface area contributed by atoms with Crippen LogP contribution in [0.5, 0.6) is 0 Å². The highest BCUT2D eigenvalue weighted by atomic mass is 79.9. The van der Waals surface area contributed by atoms with Gasteiger partial charge in [0, 0.05) is 16.1 Å². The molecule has 1 aliphatic heterocycles. The third-order valence-corrected chi connectivity index (χ3v) is 6.46. The summed E-state index contributed by atoms with van der Waals surface area (Å²) in [5, 5.41) is 24.0. The predicted molar refractivity (Wildman–Crippen MR) is 112 cm³/mol. The fourth-order valence-corrected chi connectivity index (χ4v) is 5.95. The largest absolute Gasteiger partial charge is 0.395 e. The number of anilines is 1. The van der Waals surface area contributed by atoms with Gasteiger partial charge in [-0.05, 0) is 45.7 Å². The third kappa shape index (κ3) is 3.26. The maximum absolute atomic E-state index is 12.5.